The number of nitrogens with one attached hydrogen (secondary N) is 1. The lowest BCUT2D eigenvalue weighted by molar-refractivity contribution is -0.136. The number of benzene rings is 2. The summed E-state index contributed by atoms with van der Waals surface area (Å²) >= 11 is 1.48. The van der Waals surface area contributed by atoms with Crippen molar-refractivity contribution in [3.8, 4) is 0 Å². The molecule has 1 atom stereocenters. The van der Waals surface area contributed by atoms with E-state index < -0.39 is 12.0 Å². The Bertz CT molecular complexity index is 1230. The molecule has 0 radical (unpaired) electrons. The van der Waals surface area contributed by atoms with Crippen LogP contribution in [-0.4, -0.2) is 29.1 Å². The second kappa shape index (κ2) is 10.5. The second-order valence-electron chi connectivity index (χ2n) is 9.02. The molecule has 0 aromatic heterocycles. The van der Waals surface area contributed by atoms with Gasteiger partial charge in [0.05, 0.1) is 30.8 Å². The van der Waals surface area contributed by atoms with Crippen LogP contribution in [0.5, 0.6) is 0 Å². The predicted octanol–water partition coefficient (Wildman–Crippen LogP) is 6.29. The van der Waals surface area contributed by atoms with E-state index >= 15 is 0 Å². The standard InChI is InChI=1S/C28H31N3O3S/c1-6-23-25(27(33)34-5)26(20-9-7-8-18(4)14-20)31-22(16-35-28(31)30-23)15-24(32)29-21-12-10-19(11-13-21)17(2)3/h7-14,16-17,26H,6,15H2,1-5H3,(H,29,32). The number of aryl methyl sites for hydroxylation is 1. The summed E-state index contributed by atoms with van der Waals surface area (Å²) in [7, 11) is 1.39. The molecule has 0 saturated heterocycles. The highest BCUT2D eigenvalue weighted by molar-refractivity contribution is 8.16. The fraction of sp³-hybridized carbons (Fsp3) is 0.321. The molecule has 182 valence electrons. The van der Waals surface area contributed by atoms with Crippen molar-refractivity contribution in [2.24, 2.45) is 4.99 Å². The van der Waals surface area contributed by atoms with Gasteiger partial charge in [0.15, 0.2) is 5.17 Å². The third-order valence-electron chi connectivity index (χ3n) is 6.19. The number of amides is 1. The Hall–Kier alpha value is -3.32. The molecule has 0 bridgehead atoms. The predicted molar refractivity (Wildman–Crippen MR) is 142 cm³/mol. The van der Waals surface area contributed by atoms with Crippen molar-refractivity contribution in [3.05, 3.63) is 87.6 Å². The topological polar surface area (TPSA) is 71.0 Å². The molecule has 2 aliphatic rings. The van der Waals surface area contributed by atoms with Gasteiger partial charge in [-0.1, -0.05) is 74.5 Å². The molecule has 0 fully saturated rings. The number of anilines is 1. The number of carbonyl (C=O) groups excluding carboxylic acids is 2. The Morgan fingerprint density at radius 1 is 1.17 bits per heavy atom. The summed E-state index contributed by atoms with van der Waals surface area (Å²) in [5, 5.41) is 5.72. The van der Waals surface area contributed by atoms with E-state index in [1.165, 1.54) is 24.4 Å². The highest BCUT2D eigenvalue weighted by Crippen LogP contribution is 2.45. The first-order chi connectivity index (χ1) is 16.8. The molecule has 2 aromatic carbocycles. The van der Waals surface area contributed by atoms with Crippen LogP contribution in [0.3, 0.4) is 0 Å². The van der Waals surface area contributed by atoms with Crippen molar-refractivity contribution in [2.45, 2.75) is 52.5 Å². The SMILES string of the molecule is CCC1=C(C(=O)OC)C(c2cccc(C)c2)N2C(CC(=O)Nc3ccc(C(C)C)cc3)=CSC2=N1. The zero-order valence-corrected chi connectivity index (χ0v) is 21.6. The van der Waals surface area contributed by atoms with Crippen LogP contribution in [0, 0.1) is 6.92 Å². The Morgan fingerprint density at radius 3 is 2.54 bits per heavy atom. The maximum absolute atomic E-state index is 13.0. The van der Waals surface area contributed by atoms with E-state index in [9.17, 15) is 9.59 Å². The van der Waals surface area contributed by atoms with Crippen LogP contribution in [0.25, 0.3) is 0 Å². The van der Waals surface area contributed by atoms with Crippen molar-refractivity contribution in [1.29, 1.82) is 0 Å². The number of thioether (sulfide) groups is 1. The fourth-order valence-corrected chi connectivity index (χ4v) is 5.33. The van der Waals surface area contributed by atoms with E-state index in [4.69, 9.17) is 9.73 Å². The monoisotopic (exact) mass is 489 g/mol. The maximum Gasteiger partial charge on any atom is 0.338 e. The van der Waals surface area contributed by atoms with Gasteiger partial charge < -0.3 is 15.0 Å². The minimum absolute atomic E-state index is 0.122. The first-order valence-corrected chi connectivity index (χ1v) is 12.7. The molecular weight excluding hydrogens is 458 g/mol. The molecule has 2 aromatic rings. The van der Waals surface area contributed by atoms with Gasteiger partial charge in [-0.05, 0) is 47.9 Å². The van der Waals surface area contributed by atoms with E-state index in [0.717, 1.165) is 27.7 Å². The molecule has 2 heterocycles. The number of fused-ring (bicyclic) bond motifs is 1. The van der Waals surface area contributed by atoms with Crippen molar-refractivity contribution >= 4 is 34.5 Å². The number of ether oxygens (including phenoxy) is 1. The number of hydrogen-bond donors (Lipinski definition) is 1. The molecular formula is C28H31N3O3S. The van der Waals surface area contributed by atoms with Gasteiger partial charge >= 0.3 is 5.97 Å². The molecule has 0 saturated carbocycles. The number of hydrogen-bond acceptors (Lipinski definition) is 6. The molecule has 7 heteroatoms. The quantitative estimate of drug-likeness (QED) is 0.463. The van der Waals surface area contributed by atoms with E-state index in [1.807, 2.05) is 66.6 Å². The number of methoxy groups -OCH3 is 1. The molecule has 4 rings (SSSR count). The Balaban J connectivity index is 1.64. The van der Waals surface area contributed by atoms with Crippen molar-refractivity contribution < 1.29 is 14.3 Å². The summed E-state index contributed by atoms with van der Waals surface area (Å²) in [6.07, 6.45) is 0.767. The second-order valence-corrected chi connectivity index (χ2v) is 9.85. The lowest BCUT2D eigenvalue weighted by Crippen LogP contribution is -2.37. The first kappa shape index (κ1) is 24.8. The average Bonchev–Trinajstić information content (AvgIpc) is 3.24. The van der Waals surface area contributed by atoms with Gasteiger partial charge in [-0.15, -0.1) is 0 Å². The number of aliphatic imine (C=N–C) groups is 1. The van der Waals surface area contributed by atoms with Gasteiger partial charge in [0.25, 0.3) is 0 Å². The average molecular weight is 490 g/mol. The Kier molecular flexibility index (Phi) is 7.45. The van der Waals surface area contributed by atoms with Crippen LogP contribution in [0.4, 0.5) is 5.69 Å². The summed E-state index contributed by atoms with van der Waals surface area (Å²) < 4.78 is 5.18. The molecule has 35 heavy (non-hydrogen) atoms. The highest BCUT2D eigenvalue weighted by atomic mass is 32.2. The molecule has 1 amide bonds. The van der Waals surface area contributed by atoms with Crippen molar-refractivity contribution in [1.82, 2.24) is 4.90 Å². The van der Waals surface area contributed by atoms with Crippen LogP contribution in [0.2, 0.25) is 0 Å². The Labute approximate surface area is 211 Å². The molecule has 6 nitrogen and oxygen atoms in total. The molecule has 1 unspecified atom stereocenters. The minimum atomic E-state index is -0.413. The van der Waals surface area contributed by atoms with Gasteiger partial charge in [-0.2, -0.15) is 0 Å². The molecule has 1 N–H and O–H groups in total. The fourth-order valence-electron chi connectivity index (χ4n) is 4.39. The number of esters is 1. The van der Waals surface area contributed by atoms with Crippen LogP contribution in [0.15, 0.2) is 75.9 Å². The summed E-state index contributed by atoms with van der Waals surface area (Å²) in [6.45, 7) is 8.29. The maximum atomic E-state index is 13.0. The first-order valence-electron chi connectivity index (χ1n) is 11.8. The number of nitrogens with zero attached hydrogens (tertiary/aromatic N) is 2. The molecule has 0 aliphatic carbocycles. The van der Waals surface area contributed by atoms with Gasteiger partial charge in [-0.25, -0.2) is 9.79 Å². The van der Waals surface area contributed by atoms with Gasteiger partial charge in [0.2, 0.25) is 5.91 Å². The van der Waals surface area contributed by atoms with Gasteiger partial charge in [0.1, 0.15) is 0 Å². The normalized spacial score (nSPS) is 17.2. The lowest BCUT2D eigenvalue weighted by atomic mass is 9.92. The molecule has 2 aliphatic heterocycles. The van der Waals surface area contributed by atoms with Crippen LogP contribution in [0.1, 0.15) is 62.3 Å². The van der Waals surface area contributed by atoms with E-state index in [0.29, 0.717) is 23.6 Å². The zero-order chi connectivity index (χ0) is 25.1. The van der Waals surface area contributed by atoms with Crippen molar-refractivity contribution in [2.75, 3.05) is 12.4 Å². The zero-order valence-electron chi connectivity index (χ0n) is 20.8. The summed E-state index contributed by atoms with van der Waals surface area (Å²) in [4.78, 5) is 32.8. The number of amidine groups is 1. The third kappa shape index (κ3) is 5.20. The number of rotatable bonds is 7. The lowest BCUT2D eigenvalue weighted by Gasteiger charge is -2.36. The largest absolute Gasteiger partial charge is 0.466 e. The van der Waals surface area contributed by atoms with E-state index in [-0.39, 0.29) is 12.3 Å². The van der Waals surface area contributed by atoms with E-state index in [2.05, 4.69) is 25.2 Å². The summed E-state index contributed by atoms with van der Waals surface area (Å²) in [5.41, 5.74) is 6.07. The smallest absolute Gasteiger partial charge is 0.338 e. The van der Waals surface area contributed by atoms with Crippen LogP contribution < -0.4 is 5.32 Å². The number of allylic oxidation sites excluding steroid dienone is 1. The molecule has 0 spiro atoms. The van der Waals surface area contributed by atoms with Gasteiger partial charge in [-0.3, -0.25) is 4.79 Å². The third-order valence-corrected chi connectivity index (χ3v) is 7.08. The van der Waals surface area contributed by atoms with Crippen molar-refractivity contribution in [3.63, 3.8) is 0 Å². The van der Waals surface area contributed by atoms with Gasteiger partial charge in [0, 0.05) is 11.4 Å². The highest BCUT2D eigenvalue weighted by Gasteiger charge is 2.41. The summed E-state index contributed by atoms with van der Waals surface area (Å²) in [5.74, 6) is -0.0914. The van der Waals surface area contributed by atoms with Crippen LogP contribution >= 0.6 is 11.8 Å². The minimum Gasteiger partial charge on any atom is -0.466 e. The Morgan fingerprint density at radius 2 is 1.91 bits per heavy atom. The number of carbonyl (C=O) groups is 2. The summed E-state index contributed by atoms with van der Waals surface area (Å²) in [6, 6.07) is 15.6. The van der Waals surface area contributed by atoms with Crippen LogP contribution in [-0.2, 0) is 14.3 Å². The van der Waals surface area contributed by atoms with E-state index in [1.54, 1.807) is 0 Å².